The third kappa shape index (κ3) is 3.16. The van der Waals surface area contributed by atoms with Gasteiger partial charge >= 0.3 is 5.97 Å². The number of aromatic carboxylic acids is 1. The summed E-state index contributed by atoms with van der Waals surface area (Å²) < 4.78 is 0. The van der Waals surface area contributed by atoms with Crippen LogP contribution in [-0.4, -0.2) is 37.7 Å². The number of carbonyl (C=O) groups is 1. The third-order valence-corrected chi connectivity index (χ3v) is 4.54. The highest BCUT2D eigenvalue weighted by Crippen LogP contribution is 2.23. The van der Waals surface area contributed by atoms with Gasteiger partial charge in [0.15, 0.2) is 5.69 Å². The summed E-state index contributed by atoms with van der Waals surface area (Å²) >= 11 is 0. The Morgan fingerprint density at radius 3 is 2.76 bits per heavy atom. The lowest BCUT2D eigenvalue weighted by atomic mass is 10.0. The summed E-state index contributed by atoms with van der Waals surface area (Å²) in [5, 5.41) is 16.0. The molecule has 0 atom stereocenters. The Hall–Kier alpha value is -2.99. The summed E-state index contributed by atoms with van der Waals surface area (Å²) in [7, 11) is 0. The molecule has 126 valence electrons. The minimum Gasteiger partial charge on any atom is -0.476 e. The minimum atomic E-state index is -0.973. The van der Waals surface area contributed by atoms with E-state index in [1.54, 1.807) is 6.20 Å². The van der Waals surface area contributed by atoms with Crippen LogP contribution in [0.5, 0.6) is 0 Å². The van der Waals surface area contributed by atoms with Gasteiger partial charge in [0.1, 0.15) is 0 Å². The Bertz CT molecular complexity index is 888. The molecule has 6 nitrogen and oxygen atoms in total. The van der Waals surface area contributed by atoms with E-state index in [1.165, 1.54) is 5.56 Å². The Balaban J connectivity index is 1.48. The minimum absolute atomic E-state index is 0.144. The van der Waals surface area contributed by atoms with Gasteiger partial charge in [-0.25, -0.2) is 4.79 Å². The van der Waals surface area contributed by atoms with Crippen molar-refractivity contribution in [1.29, 1.82) is 0 Å². The molecule has 2 N–H and O–H groups in total. The van der Waals surface area contributed by atoms with Crippen LogP contribution in [0.3, 0.4) is 0 Å². The summed E-state index contributed by atoms with van der Waals surface area (Å²) in [6, 6.07) is 14.2. The normalized spacial score (nSPS) is 14.2. The first-order chi connectivity index (χ1) is 12.2. The third-order valence-electron chi connectivity index (χ3n) is 4.54. The Morgan fingerprint density at radius 2 is 2.04 bits per heavy atom. The van der Waals surface area contributed by atoms with Crippen molar-refractivity contribution in [2.45, 2.75) is 19.5 Å². The molecule has 0 saturated carbocycles. The highest BCUT2D eigenvalue weighted by molar-refractivity contribution is 5.87. The number of H-pyrrole nitrogens is 1. The van der Waals surface area contributed by atoms with Crippen molar-refractivity contribution in [3.8, 4) is 11.3 Å². The van der Waals surface area contributed by atoms with Crippen molar-refractivity contribution in [1.82, 2.24) is 20.1 Å². The number of carboxylic acids is 1. The first-order valence-corrected chi connectivity index (χ1v) is 8.23. The smallest absolute Gasteiger partial charge is 0.356 e. The summed E-state index contributed by atoms with van der Waals surface area (Å²) in [5.74, 6) is -0.973. The molecule has 4 rings (SSSR count). The van der Waals surface area contributed by atoms with Gasteiger partial charge in [0.2, 0.25) is 0 Å². The average molecular weight is 334 g/mol. The molecule has 0 radical (unpaired) electrons. The van der Waals surface area contributed by atoms with Crippen molar-refractivity contribution in [2.75, 3.05) is 6.54 Å². The van der Waals surface area contributed by atoms with Gasteiger partial charge in [0.25, 0.3) is 0 Å². The predicted molar refractivity (Wildman–Crippen MR) is 93.0 cm³/mol. The monoisotopic (exact) mass is 334 g/mol. The molecular weight excluding hydrogens is 316 g/mol. The predicted octanol–water partition coefficient (Wildman–Crippen LogP) is 2.73. The van der Waals surface area contributed by atoms with E-state index in [0.717, 1.165) is 42.0 Å². The number of aromatic amines is 1. The topological polar surface area (TPSA) is 82.1 Å². The van der Waals surface area contributed by atoms with Crippen LogP contribution in [0.25, 0.3) is 11.3 Å². The van der Waals surface area contributed by atoms with Gasteiger partial charge in [-0.05, 0) is 17.7 Å². The molecule has 6 heteroatoms. The molecule has 0 saturated heterocycles. The van der Waals surface area contributed by atoms with E-state index < -0.39 is 5.97 Å². The number of rotatable bonds is 4. The van der Waals surface area contributed by atoms with Gasteiger partial charge in [-0.15, -0.1) is 0 Å². The van der Waals surface area contributed by atoms with Crippen LogP contribution in [0, 0.1) is 0 Å². The van der Waals surface area contributed by atoms with E-state index in [-0.39, 0.29) is 5.69 Å². The van der Waals surface area contributed by atoms with Gasteiger partial charge in [0, 0.05) is 49.1 Å². The number of pyridine rings is 1. The second-order valence-corrected chi connectivity index (χ2v) is 6.21. The zero-order valence-corrected chi connectivity index (χ0v) is 13.6. The fraction of sp³-hybridized carbons (Fsp3) is 0.211. The van der Waals surface area contributed by atoms with Gasteiger partial charge in [-0.3, -0.25) is 15.0 Å². The number of nitrogens with one attached hydrogen (secondary N) is 1. The van der Waals surface area contributed by atoms with E-state index in [9.17, 15) is 9.90 Å². The van der Waals surface area contributed by atoms with Crippen LogP contribution in [0.2, 0.25) is 0 Å². The largest absolute Gasteiger partial charge is 0.476 e. The molecule has 0 aliphatic carbocycles. The van der Waals surface area contributed by atoms with Crippen LogP contribution in [0.4, 0.5) is 0 Å². The maximum absolute atomic E-state index is 11.3. The van der Waals surface area contributed by atoms with E-state index >= 15 is 0 Å². The van der Waals surface area contributed by atoms with Crippen molar-refractivity contribution >= 4 is 5.97 Å². The molecule has 3 aromatic rings. The van der Waals surface area contributed by atoms with E-state index in [2.05, 4.69) is 44.3 Å². The van der Waals surface area contributed by atoms with E-state index in [1.807, 2.05) is 18.2 Å². The highest BCUT2D eigenvalue weighted by atomic mass is 16.4. The van der Waals surface area contributed by atoms with Crippen LogP contribution in [0.15, 0.2) is 48.7 Å². The second-order valence-electron chi connectivity index (χ2n) is 6.21. The molecule has 0 spiro atoms. The molecule has 1 aliphatic heterocycles. The summed E-state index contributed by atoms with van der Waals surface area (Å²) in [5.41, 5.74) is 5.14. The zero-order valence-electron chi connectivity index (χ0n) is 13.6. The van der Waals surface area contributed by atoms with Crippen molar-refractivity contribution in [3.63, 3.8) is 0 Å². The molecule has 1 aliphatic rings. The first kappa shape index (κ1) is 15.5. The maximum atomic E-state index is 11.3. The SMILES string of the molecule is O=C(O)c1n[nH]c2c1CN(Cc1ccc(-c3ccccn3)cc1)CC2. The molecule has 2 aromatic heterocycles. The van der Waals surface area contributed by atoms with Gasteiger partial charge in [-0.1, -0.05) is 30.3 Å². The second kappa shape index (κ2) is 6.49. The fourth-order valence-electron chi connectivity index (χ4n) is 3.24. The maximum Gasteiger partial charge on any atom is 0.356 e. The lowest BCUT2D eigenvalue weighted by molar-refractivity contribution is 0.0687. The molecule has 0 unspecified atom stereocenters. The van der Waals surface area contributed by atoms with Crippen LogP contribution >= 0.6 is 0 Å². The summed E-state index contributed by atoms with van der Waals surface area (Å²) in [6.45, 7) is 2.28. The number of fused-ring (bicyclic) bond motifs is 1. The van der Waals surface area contributed by atoms with Crippen molar-refractivity contribution < 1.29 is 9.90 Å². The number of hydrogen-bond acceptors (Lipinski definition) is 4. The van der Waals surface area contributed by atoms with Crippen LogP contribution < -0.4 is 0 Å². The summed E-state index contributed by atoms with van der Waals surface area (Å²) in [4.78, 5) is 17.9. The number of nitrogens with zero attached hydrogens (tertiary/aromatic N) is 3. The van der Waals surface area contributed by atoms with Gasteiger partial charge in [0.05, 0.1) is 5.69 Å². The molecule has 0 amide bonds. The van der Waals surface area contributed by atoms with E-state index in [4.69, 9.17) is 0 Å². The molecule has 3 heterocycles. The van der Waals surface area contributed by atoms with Gasteiger partial charge < -0.3 is 5.11 Å². The Labute approximate surface area is 145 Å². The quantitative estimate of drug-likeness (QED) is 0.767. The Morgan fingerprint density at radius 1 is 1.20 bits per heavy atom. The van der Waals surface area contributed by atoms with Crippen molar-refractivity contribution in [3.05, 3.63) is 71.2 Å². The van der Waals surface area contributed by atoms with Gasteiger partial charge in [-0.2, -0.15) is 5.10 Å². The lowest BCUT2D eigenvalue weighted by Gasteiger charge is -2.26. The van der Waals surface area contributed by atoms with Crippen LogP contribution in [-0.2, 0) is 19.5 Å². The highest BCUT2D eigenvalue weighted by Gasteiger charge is 2.25. The number of aromatic nitrogens is 3. The molecule has 0 bridgehead atoms. The van der Waals surface area contributed by atoms with Crippen molar-refractivity contribution in [2.24, 2.45) is 0 Å². The number of hydrogen-bond donors (Lipinski definition) is 2. The average Bonchev–Trinajstić information content (AvgIpc) is 3.07. The first-order valence-electron chi connectivity index (χ1n) is 8.23. The summed E-state index contributed by atoms with van der Waals surface area (Å²) in [6.07, 6.45) is 2.58. The lowest BCUT2D eigenvalue weighted by Crippen LogP contribution is -2.30. The Kier molecular flexibility index (Phi) is 4.03. The molecule has 25 heavy (non-hydrogen) atoms. The zero-order chi connectivity index (χ0) is 17.2. The standard InChI is InChI=1S/C19H18N4O2/c24-19(25)18-15-12-23(10-8-17(15)21-22-18)11-13-4-6-14(7-5-13)16-3-1-2-9-20-16/h1-7,9H,8,10-12H2,(H,21,22)(H,24,25). The van der Waals surface area contributed by atoms with Crippen LogP contribution in [0.1, 0.15) is 27.3 Å². The molecule has 0 fully saturated rings. The fourth-order valence-corrected chi connectivity index (χ4v) is 3.24. The number of benzene rings is 1. The van der Waals surface area contributed by atoms with E-state index in [0.29, 0.717) is 6.54 Å². The number of carboxylic acid groups (broad SMARTS) is 1. The molecular formula is C19H18N4O2. The molecule has 1 aromatic carbocycles.